The monoisotopic (exact) mass is 260 g/mol. The van der Waals surface area contributed by atoms with Crippen LogP contribution >= 0.6 is 0 Å². The molecule has 6 heteroatoms. The number of hydrogen-bond donors (Lipinski definition) is 1. The Labute approximate surface area is 111 Å². The van der Waals surface area contributed by atoms with Gasteiger partial charge >= 0.3 is 0 Å². The van der Waals surface area contributed by atoms with Crippen LogP contribution in [0.1, 0.15) is 5.82 Å². The van der Waals surface area contributed by atoms with Crippen LogP contribution in [0, 0.1) is 0 Å². The number of nitrogens with two attached hydrogens (primary N) is 1. The van der Waals surface area contributed by atoms with E-state index in [2.05, 4.69) is 10.1 Å². The Morgan fingerprint density at radius 1 is 1.37 bits per heavy atom. The minimum atomic E-state index is -0.425. The summed E-state index contributed by atoms with van der Waals surface area (Å²) in [4.78, 5) is 15.4. The maximum absolute atomic E-state index is 11.1. The summed E-state index contributed by atoms with van der Waals surface area (Å²) in [7, 11) is 1.61. The normalized spacial score (nSPS) is 10.6. The number of primary amides is 1. The lowest BCUT2D eigenvalue weighted by Gasteiger charge is -2.02. The number of hydrogen-bond acceptors (Lipinski definition) is 4. The van der Waals surface area contributed by atoms with Gasteiger partial charge in [0.05, 0.1) is 19.6 Å². The van der Waals surface area contributed by atoms with Crippen LogP contribution < -0.4 is 5.73 Å². The van der Waals surface area contributed by atoms with E-state index in [1.165, 1.54) is 0 Å². The zero-order valence-corrected chi connectivity index (χ0v) is 10.7. The molecule has 100 valence electrons. The Kier molecular flexibility index (Phi) is 4.25. The highest BCUT2D eigenvalue weighted by Gasteiger charge is 2.13. The van der Waals surface area contributed by atoms with E-state index in [0.29, 0.717) is 24.8 Å². The molecule has 1 amide bonds. The van der Waals surface area contributed by atoms with Gasteiger partial charge in [0, 0.05) is 12.7 Å². The Balaban J connectivity index is 2.31. The van der Waals surface area contributed by atoms with Gasteiger partial charge in [-0.2, -0.15) is 5.10 Å². The zero-order valence-electron chi connectivity index (χ0n) is 10.7. The van der Waals surface area contributed by atoms with Crippen LogP contribution in [0.15, 0.2) is 30.3 Å². The number of carbonyl (C=O) groups is 1. The van der Waals surface area contributed by atoms with Gasteiger partial charge in [-0.15, -0.1) is 0 Å². The van der Waals surface area contributed by atoms with Crippen LogP contribution in [0.4, 0.5) is 0 Å². The van der Waals surface area contributed by atoms with Crippen molar-refractivity contribution >= 4 is 5.91 Å². The minimum absolute atomic E-state index is 0.0730. The average Bonchev–Trinajstić information content (AvgIpc) is 2.80. The maximum atomic E-state index is 11.1. The Morgan fingerprint density at radius 2 is 2.11 bits per heavy atom. The molecule has 0 saturated heterocycles. The molecule has 0 aliphatic heterocycles. The summed E-state index contributed by atoms with van der Waals surface area (Å²) < 4.78 is 6.68. The van der Waals surface area contributed by atoms with Crippen molar-refractivity contribution in [1.82, 2.24) is 14.8 Å². The molecule has 2 rings (SSSR count). The number of rotatable bonds is 6. The molecule has 0 atom stereocenters. The molecule has 1 heterocycles. The van der Waals surface area contributed by atoms with Crippen LogP contribution in [0.3, 0.4) is 0 Å². The fraction of sp³-hybridized carbons (Fsp3) is 0.308. The van der Waals surface area contributed by atoms with Crippen molar-refractivity contribution < 1.29 is 9.53 Å². The first kappa shape index (κ1) is 13.2. The second-order valence-electron chi connectivity index (χ2n) is 4.08. The minimum Gasteiger partial charge on any atom is -0.383 e. The van der Waals surface area contributed by atoms with E-state index in [4.69, 9.17) is 10.5 Å². The first-order chi connectivity index (χ1) is 9.20. The predicted molar refractivity (Wildman–Crippen MR) is 70.2 cm³/mol. The summed E-state index contributed by atoms with van der Waals surface area (Å²) in [6, 6.07) is 9.60. The first-order valence-corrected chi connectivity index (χ1v) is 5.97. The van der Waals surface area contributed by atoms with Crippen molar-refractivity contribution in [2.45, 2.75) is 13.0 Å². The lowest BCUT2D eigenvalue weighted by molar-refractivity contribution is -0.117. The number of methoxy groups -OCH3 is 1. The van der Waals surface area contributed by atoms with Gasteiger partial charge in [-0.1, -0.05) is 30.3 Å². The molecule has 0 saturated carbocycles. The van der Waals surface area contributed by atoms with Crippen molar-refractivity contribution in [3.05, 3.63) is 36.2 Å². The van der Waals surface area contributed by atoms with Crippen LogP contribution in [0.5, 0.6) is 0 Å². The highest BCUT2D eigenvalue weighted by molar-refractivity contribution is 5.75. The van der Waals surface area contributed by atoms with Gasteiger partial charge < -0.3 is 10.5 Å². The Morgan fingerprint density at radius 3 is 2.74 bits per heavy atom. The van der Waals surface area contributed by atoms with Gasteiger partial charge in [0.25, 0.3) is 0 Å². The van der Waals surface area contributed by atoms with E-state index in [-0.39, 0.29) is 6.42 Å². The van der Waals surface area contributed by atoms with E-state index in [0.717, 1.165) is 5.56 Å². The molecule has 6 nitrogen and oxygen atoms in total. The fourth-order valence-corrected chi connectivity index (χ4v) is 1.73. The topological polar surface area (TPSA) is 83.0 Å². The average molecular weight is 260 g/mol. The van der Waals surface area contributed by atoms with Gasteiger partial charge in [0.15, 0.2) is 5.82 Å². The van der Waals surface area contributed by atoms with Gasteiger partial charge in [-0.05, 0) is 0 Å². The van der Waals surface area contributed by atoms with Crippen molar-refractivity contribution in [2.24, 2.45) is 5.73 Å². The molecule has 0 aliphatic carbocycles. The Hall–Kier alpha value is -2.21. The van der Waals surface area contributed by atoms with Gasteiger partial charge in [-0.25, -0.2) is 9.67 Å². The highest BCUT2D eigenvalue weighted by Crippen LogP contribution is 2.15. The number of amides is 1. The molecule has 0 spiro atoms. The third-order valence-corrected chi connectivity index (χ3v) is 2.62. The van der Waals surface area contributed by atoms with Gasteiger partial charge in [-0.3, -0.25) is 4.79 Å². The lowest BCUT2D eigenvalue weighted by Crippen LogP contribution is -2.18. The van der Waals surface area contributed by atoms with Crippen molar-refractivity contribution in [1.29, 1.82) is 0 Å². The van der Waals surface area contributed by atoms with E-state index in [1.54, 1.807) is 11.8 Å². The molecule has 2 N–H and O–H groups in total. The van der Waals surface area contributed by atoms with Crippen molar-refractivity contribution in [3.63, 3.8) is 0 Å². The largest absolute Gasteiger partial charge is 0.383 e. The summed E-state index contributed by atoms with van der Waals surface area (Å²) in [6.45, 7) is 1.04. The zero-order chi connectivity index (χ0) is 13.7. The molecular weight excluding hydrogens is 244 g/mol. The molecule has 1 aromatic carbocycles. The lowest BCUT2D eigenvalue weighted by atomic mass is 10.2. The second-order valence-corrected chi connectivity index (χ2v) is 4.08. The van der Waals surface area contributed by atoms with Gasteiger partial charge in [0.1, 0.15) is 5.82 Å². The third-order valence-electron chi connectivity index (χ3n) is 2.62. The molecule has 0 unspecified atom stereocenters. The summed E-state index contributed by atoms with van der Waals surface area (Å²) in [5.74, 6) is 0.724. The van der Waals surface area contributed by atoms with Crippen LogP contribution in [-0.4, -0.2) is 34.4 Å². The van der Waals surface area contributed by atoms with E-state index < -0.39 is 5.91 Å². The van der Waals surface area contributed by atoms with E-state index >= 15 is 0 Å². The molecule has 0 bridgehead atoms. The maximum Gasteiger partial charge on any atom is 0.225 e. The highest BCUT2D eigenvalue weighted by atomic mass is 16.5. The quantitative estimate of drug-likeness (QED) is 0.825. The van der Waals surface area contributed by atoms with Crippen LogP contribution in [-0.2, 0) is 22.5 Å². The summed E-state index contributed by atoms with van der Waals surface area (Å²) >= 11 is 0. The fourth-order valence-electron chi connectivity index (χ4n) is 1.73. The van der Waals surface area contributed by atoms with Crippen LogP contribution in [0.25, 0.3) is 11.4 Å². The van der Waals surface area contributed by atoms with E-state index in [9.17, 15) is 4.79 Å². The molecule has 0 aliphatic rings. The number of carbonyl (C=O) groups excluding carboxylic acids is 1. The number of aromatic nitrogens is 3. The molecule has 0 fully saturated rings. The second kappa shape index (κ2) is 6.10. The number of ether oxygens (including phenoxy) is 1. The van der Waals surface area contributed by atoms with Gasteiger partial charge in [0.2, 0.25) is 5.91 Å². The molecule has 2 aromatic rings. The van der Waals surface area contributed by atoms with E-state index in [1.807, 2.05) is 30.3 Å². The summed E-state index contributed by atoms with van der Waals surface area (Å²) in [5, 5.41) is 4.39. The molecular formula is C13H16N4O2. The number of benzene rings is 1. The predicted octanol–water partition coefficient (Wildman–Crippen LogP) is 0.619. The smallest absolute Gasteiger partial charge is 0.225 e. The molecule has 1 aromatic heterocycles. The first-order valence-electron chi connectivity index (χ1n) is 5.97. The van der Waals surface area contributed by atoms with Crippen LogP contribution in [0.2, 0.25) is 0 Å². The summed E-state index contributed by atoms with van der Waals surface area (Å²) in [6.07, 6.45) is 0.0730. The molecule has 19 heavy (non-hydrogen) atoms. The van der Waals surface area contributed by atoms with Crippen molar-refractivity contribution in [3.8, 4) is 11.4 Å². The number of nitrogens with zero attached hydrogens (tertiary/aromatic N) is 3. The molecule has 0 radical (unpaired) electrons. The SMILES string of the molecule is COCCn1nc(-c2ccccc2)nc1CC(N)=O. The standard InChI is InChI=1S/C13H16N4O2/c1-19-8-7-17-12(9-11(14)18)15-13(16-17)10-5-3-2-4-6-10/h2-6H,7-9H2,1H3,(H2,14,18). The third kappa shape index (κ3) is 3.38. The summed E-state index contributed by atoms with van der Waals surface area (Å²) in [5.41, 5.74) is 6.13. The van der Waals surface area contributed by atoms with Crippen molar-refractivity contribution in [2.75, 3.05) is 13.7 Å². The Bertz CT molecular complexity index is 551.